The van der Waals surface area contributed by atoms with Crippen LogP contribution in [0.25, 0.3) is 11.1 Å². The van der Waals surface area contributed by atoms with Gasteiger partial charge in [-0.3, -0.25) is 4.79 Å². The predicted octanol–water partition coefficient (Wildman–Crippen LogP) is 6.09. The molecule has 0 spiro atoms. The lowest BCUT2D eigenvalue weighted by atomic mass is 9.90. The minimum Gasteiger partial charge on any atom is -0.493 e. The average Bonchev–Trinajstić information content (AvgIpc) is 3.44. The van der Waals surface area contributed by atoms with Crippen molar-refractivity contribution in [1.82, 2.24) is 4.98 Å². The van der Waals surface area contributed by atoms with Crippen LogP contribution in [0.15, 0.2) is 36.5 Å². The zero-order valence-corrected chi connectivity index (χ0v) is 22.8. The lowest BCUT2D eigenvalue weighted by Crippen LogP contribution is -2.21. The molecule has 2 heterocycles. The van der Waals surface area contributed by atoms with Crippen molar-refractivity contribution in [2.24, 2.45) is 0 Å². The molecule has 0 radical (unpaired) electrons. The van der Waals surface area contributed by atoms with E-state index in [4.69, 9.17) is 14.6 Å². The van der Waals surface area contributed by atoms with Crippen LogP contribution >= 0.6 is 0 Å². The van der Waals surface area contributed by atoms with E-state index in [2.05, 4.69) is 10.3 Å². The predicted molar refractivity (Wildman–Crippen MR) is 147 cm³/mol. The van der Waals surface area contributed by atoms with E-state index in [1.165, 1.54) is 6.07 Å². The first-order chi connectivity index (χ1) is 18.5. The number of aryl methyl sites for hydroxylation is 2. The lowest BCUT2D eigenvalue weighted by molar-refractivity contribution is -0.137. The number of pyridine rings is 1. The highest BCUT2D eigenvalue weighted by atomic mass is 19.1. The fourth-order valence-corrected chi connectivity index (χ4v) is 5.74. The summed E-state index contributed by atoms with van der Waals surface area (Å²) in [5.74, 6) is 0.632. The second-order valence-electron chi connectivity index (χ2n) is 11.3. The van der Waals surface area contributed by atoms with E-state index in [1.54, 1.807) is 26.1 Å². The summed E-state index contributed by atoms with van der Waals surface area (Å²) in [6.07, 6.45) is 3.64. The molecule has 3 N–H and O–H groups in total. The summed E-state index contributed by atoms with van der Waals surface area (Å²) < 4.78 is 26.9. The Labute approximate surface area is 228 Å². The van der Waals surface area contributed by atoms with Gasteiger partial charge in [0.05, 0.1) is 31.3 Å². The van der Waals surface area contributed by atoms with Crippen LogP contribution in [0.1, 0.15) is 72.9 Å². The molecule has 206 valence electrons. The van der Waals surface area contributed by atoms with Crippen LogP contribution < -0.4 is 14.8 Å². The van der Waals surface area contributed by atoms with Crippen LogP contribution in [-0.2, 0) is 11.2 Å². The number of carboxylic acids is 1. The third-order valence-corrected chi connectivity index (χ3v) is 7.61. The fraction of sp³-hybridized carbons (Fsp3) is 0.419. The zero-order valence-electron chi connectivity index (χ0n) is 22.8. The Morgan fingerprint density at radius 1 is 1.23 bits per heavy atom. The molecule has 1 aromatic heterocycles. The van der Waals surface area contributed by atoms with Crippen molar-refractivity contribution in [3.63, 3.8) is 0 Å². The van der Waals surface area contributed by atoms with E-state index < -0.39 is 11.6 Å². The number of carbonyl (C=O) groups is 1. The molecule has 0 bridgehead atoms. The van der Waals surface area contributed by atoms with E-state index in [9.17, 15) is 9.90 Å². The van der Waals surface area contributed by atoms with Gasteiger partial charge in [0.25, 0.3) is 0 Å². The summed E-state index contributed by atoms with van der Waals surface area (Å²) in [4.78, 5) is 15.6. The van der Waals surface area contributed by atoms with Crippen LogP contribution in [-0.4, -0.2) is 40.0 Å². The van der Waals surface area contributed by atoms with Gasteiger partial charge < -0.3 is 25.0 Å². The average molecular weight is 535 g/mol. The van der Waals surface area contributed by atoms with E-state index in [0.29, 0.717) is 36.8 Å². The number of halogens is 1. The molecule has 0 amide bonds. The summed E-state index contributed by atoms with van der Waals surface area (Å²) in [6, 6.07) is 8.94. The number of aliphatic hydroxyl groups is 1. The van der Waals surface area contributed by atoms with Crippen molar-refractivity contribution in [3.8, 4) is 22.6 Å². The largest absolute Gasteiger partial charge is 0.493 e. The van der Waals surface area contributed by atoms with Crippen LogP contribution in [0.2, 0.25) is 0 Å². The Morgan fingerprint density at radius 3 is 2.67 bits per heavy atom. The molecule has 2 atom stereocenters. The van der Waals surface area contributed by atoms with Gasteiger partial charge in [-0.15, -0.1) is 0 Å². The smallest absolute Gasteiger partial charge is 0.304 e. The van der Waals surface area contributed by atoms with E-state index >= 15 is 4.39 Å². The van der Waals surface area contributed by atoms with Gasteiger partial charge in [0.15, 0.2) is 0 Å². The third kappa shape index (κ3) is 5.71. The van der Waals surface area contributed by atoms with E-state index in [-0.39, 0.29) is 24.2 Å². The minimum atomic E-state index is -0.870. The van der Waals surface area contributed by atoms with Crippen LogP contribution in [0.4, 0.5) is 10.2 Å². The molecule has 1 aliphatic carbocycles. The monoisotopic (exact) mass is 534 g/mol. The molecule has 2 aromatic carbocycles. The van der Waals surface area contributed by atoms with Crippen molar-refractivity contribution in [1.29, 1.82) is 0 Å². The molecule has 0 saturated heterocycles. The number of aliphatic carboxylic acids is 1. The zero-order chi connectivity index (χ0) is 27.9. The molecule has 1 aliphatic heterocycles. The van der Waals surface area contributed by atoms with Gasteiger partial charge in [-0.2, -0.15) is 0 Å². The number of hydrogen-bond donors (Lipinski definition) is 3. The van der Waals surface area contributed by atoms with Gasteiger partial charge in [0.1, 0.15) is 23.1 Å². The first-order valence-electron chi connectivity index (χ1n) is 13.4. The standard InChI is InChI=1S/C31H35FN2O5/c1-17-11-20(38-10-9-31(3,4)37)12-18(2)29(17)21-5-7-24(32)30-22(21)6-8-25(30)34-27-14-26-23(15-33-27)19(16-39-26)13-28(35)36/h5,7,11-12,14-15,19,25,37H,6,8-10,13,16H2,1-4H3,(H,33,34)(H,35,36)/t19?,25-/m1/s1. The van der Waals surface area contributed by atoms with Gasteiger partial charge in [-0.25, -0.2) is 9.37 Å². The second-order valence-corrected chi connectivity index (χ2v) is 11.3. The molecule has 39 heavy (non-hydrogen) atoms. The van der Waals surface area contributed by atoms with Gasteiger partial charge in [0, 0.05) is 35.7 Å². The van der Waals surface area contributed by atoms with Crippen molar-refractivity contribution in [3.05, 3.63) is 70.2 Å². The van der Waals surface area contributed by atoms with Gasteiger partial charge in [-0.1, -0.05) is 6.07 Å². The quantitative estimate of drug-likeness (QED) is 0.305. The van der Waals surface area contributed by atoms with Crippen molar-refractivity contribution in [2.45, 2.75) is 70.9 Å². The number of aromatic nitrogens is 1. The molecule has 3 aromatic rings. The molecule has 1 unspecified atom stereocenters. The highest BCUT2D eigenvalue weighted by molar-refractivity contribution is 5.77. The maximum atomic E-state index is 15.3. The fourth-order valence-electron chi connectivity index (χ4n) is 5.74. The second kappa shape index (κ2) is 10.5. The molecule has 2 aliphatic rings. The van der Waals surface area contributed by atoms with E-state index in [0.717, 1.165) is 52.0 Å². The Balaban J connectivity index is 1.38. The maximum absolute atomic E-state index is 15.3. The Morgan fingerprint density at radius 2 is 1.97 bits per heavy atom. The summed E-state index contributed by atoms with van der Waals surface area (Å²) in [6.45, 7) is 8.34. The lowest BCUT2D eigenvalue weighted by Gasteiger charge is -2.20. The highest BCUT2D eigenvalue weighted by Crippen LogP contribution is 2.44. The number of nitrogens with one attached hydrogen (secondary N) is 1. The van der Waals surface area contributed by atoms with E-state index in [1.807, 2.05) is 32.0 Å². The van der Waals surface area contributed by atoms with Crippen molar-refractivity contribution >= 4 is 11.8 Å². The Kier molecular flexibility index (Phi) is 7.25. The van der Waals surface area contributed by atoms with Crippen LogP contribution in [0, 0.1) is 19.7 Å². The summed E-state index contributed by atoms with van der Waals surface area (Å²) >= 11 is 0. The molecular formula is C31H35FN2O5. The van der Waals surface area contributed by atoms with Gasteiger partial charge in [-0.05, 0) is 86.6 Å². The normalized spacial score (nSPS) is 17.9. The molecule has 0 fully saturated rings. The van der Waals surface area contributed by atoms with Crippen molar-refractivity contribution in [2.75, 3.05) is 18.5 Å². The summed E-state index contributed by atoms with van der Waals surface area (Å²) in [5, 5.41) is 22.5. The molecule has 5 rings (SSSR count). The number of rotatable bonds is 9. The number of fused-ring (bicyclic) bond motifs is 2. The molecular weight excluding hydrogens is 499 g/mol. The third-order valence-electron chi connectivity index (χ3n) is 7.61. The number of benzene rings is 2. The van der Waals surface area contributed by atoms with Gasteiger partial charge >= 0.3 is 5.97 Å². The highest BCUT2D eigenvalue weighted by Gasteiger charge is 2.31. The minimum absolute atomic E-state index is 0.00177. The number of anilines is 1. The SMILES string of the molecule is Cc1cc(OCCC(C)(C)O)cc(C)c1-c1ccc(F)c2c1CC[C@H]2Nc1cc2c(cn1)C(CC(=O)O)CO2. The number of nitrogens with zero attached hydrogens (tertiary/aromatic N) is 1. The molecule has 8 heteroatoms. The molecule has 7 nitrogen and oxygen atoms in total. The summed E-state index contributed by atoms with van der Waals surface area (Å²) in [7, 11) is 0. The number of hydrogen-bond acceptors (Lipinski definition) is 6. The van der Waals surface area contributed by atoms with Gasteiger partial charge in [0.2, 0.25) is 0 Å². The van der Waals surface area contributed by atoms with Crippen LogP contribution in [0.5, 0.6) is 11.5 Å². The Bertz CT molecular complexity index is 1390. The number of carboxylic acid groups (broad SMARTS) is 1. The van der Waals surface area contributed by atoms with Crippen LogP contribution in [0.3, 0.4) is 0 Å². The molecule has 0 saturated carbocycles. The Hall–Kier alpha value is -3.65. The first-order valence-corrected chi connectivity index (χ1v) is 13.4. The summed E-state index contributed by atoms with van der Waals surface area (Å²) in [5.41, 5.74) is 5.86. The topological polar surface area (TPSA) is 101 Å². The maximum Gasteiger partial charge on any atom is 0.304 e. The number of ether oxygens (including phenoxy) is 2. The van der Waals surface area contributed by atoms with Crippen molar-refractivity contribution < 1.29 is 28.9 Å². The first kappa shape index (κ1) is 26.9.